The molecule has 3 heteroatoms. The van der Waals surface area contributed by atoms with Gasteiger partial charge in [-0.15, -0.1) is 11.7 Å². The summed E-state index contributed by atoms with van der Waals surface area (Å²) in [5.74, 6) is 0.479. The Morgan fingerprint density at radius 3 is 2.62 bits per heavy atom. The Bertz CT molecular complexity index is 264. The molecule has 90 valence electrons. The smallest absolute Gasteiger partial charge is 0.111 e. The summed E-state index contributed by atoms with van der Waals surface area (Å²) >= 11 is 0. The minimum absolute atomic E-state index is 0.147. The summed E-state index contributed by atoms with van der Waals surface area (Å²) in [6.07, 6.45) is 8.85. The van der Waals surface area contributed by atoms with Crippen LogP contribution in [-0.4, -0.2) is 19.6 Å². The molecule has 3 nitrogen and oxygen atoms in total. The number of hydrogen-bond acceptors (Lipinski definition) is 2. The fraction of sp³-hybridized carbons (Fsp3) is 0.538. The van der Waals surface area contributed by atoms with Crippen molar-refractivity contribution in [2.24, 2.45) is 21.5 Å². The van der Waals surface area contributed by atoms with Crippen molar-refractivity contribution in [3.63, 3.8) is 0 Å². The highest BCUT2D eigenvalue weighted by molar-refractivity contribution is 5.54. The summed E-state index contributed by atoms with van der Waals surface area (Å²) in [6, 6.07) is 0. The third-order valence-corrected chi connectivity index (χ3v) is 2.64. The van der Waals surface area contributed by atoms with Gasteiger partial charge in [0.1, 0.15) is 6.34 Å². The zero-order valence-electron chi connectivity index (χ0n) is 10.6. The van der Waals surface area contributed by atoms with E-state index < -0.39 is 0 Å². The number of nitrogens with one attached hydrogen (secondary N) is 1. The molecule has 0 radical (unpaired) electrons. The Balaban J connectivity index is 4.38. The molecule has 16 heavy (non-hydrogen) atoms. The molecule has 0 bridgehead atoms. The van der Waals surface area contributed by atoms with Crippen molar-refractivity contribution in [2.45, 2.75) is 27.2 Å². The van der Waals surface area contributed by atoms with E-state index in [2.05, 4.69) is 54.8 Å². The highest BCUT2D eigenvalue weighted by atomic mass is 15.2. The van der Waals surface area contributed by atoms with Crippen LogP contribution in [0.25, 0.3) is 0 Å². The van der Waals surface area contributed by atoms with E-state index in [9.17, 15) is 0 Å². The molecule has 0 spiro atoms. The van der Waals surface area contributed by atoms with Gasteiger partial charge >= 0.3 is 0 Å². The molecule has 0 rings (SSSR count). The van der Waals surface area contributed by atoms with Crippen LogP contribution in [0.15, 0.2) is 35.0 Å². The van der Waals surface area contributed by atoms with Crippen LogP contribution in [-0.2, 0) is 0 Å². The predicted octanol–water partition coefficient (Wildman–Crippen LogP) is 3.01. The molecule has 0 saturated heterocycles. The fourth-order valence-corrected chi connectivity index (χ4v) is 1.59. The highest BCUT2D eigenvalue weighted by Crippen LogP contribution is 2.30. The van der Waals surface area contributed by atoms with Crippen molar-refractivity contribution in [3.8, 4) is 0 Å². The van der Waals surface area contributed by atoms with E-state index in [0.29, 0.717) is 5.92 Å². The Labute approximate surface area is 99.0 Å². The van der Waals surface area contributed by atoms with Crippen LogP contribution in [0.4, 0.5) is 0 Å². The first-order valence-corrected chi connectivity index (χ1v) is 5.53. The summed E-state index contributed by atoms with van der Waals surface area (Å²) in [6.45, 7) is 14.4. The summed E-state index contributed by atoms with van der Waals surface area (Å²) in [7, 11) is 0. The van der Waals surface area contributed by atoms with Crippen LogP contribution < -0.4 is 5.32 Å². The van der Waals surface area contributed by atoms with Gasteiger partial charge in [-0.1, -0.05) is 32.1 Å². The molecule has 0 heterocycles. The molecule has 0 aliphatic rings. The number of hydrogen-bond donors (Lipinski definition) is 1. The fourth-order valence-electron chi connectivity index (χ4n) is 1.59. The molecule has 0 aromatic heterocycles. The van der Waals surface area contributed by atoms with E-state index in [-0.39, 0.29) is 5.41 Å². The van der Waals surface area contributed by atoms with E-state index in [1.54, 1.807) is 6.34 Å². The van der Waals surface area contributed by atoms with Gasteiger partial charge in [-0.25, -0.2) is 0 Å². The highest BCUT2D eigenvalue weighted by Gasteiger charge is 2.25. The normalized spacial score (nSPS) is 14.2. The largest absolute Gasteiger partial charge is 0.374 e. The van der Waals surface area contributed by atoms with E-state index in [1.165, 1.54) is 0 Å². The SMILES string of the molecule is C=CCC(/C=C\C)C(C)(C)CN/C=N/N=C. The quantitative estimate of drug-likeness (QED) is 0.291. The lowest BCUT2D eigenvalue weighted by atomic mass is 9.76. The van der Waals surface area contributed by atoms with Gasteiger partial charge in [0.2, 0.25) is 0 Å². The summed E-state index contributed by atoms with van der Waals surface area (Å²) in [5, 5.41) is 10.2. The lowest BCUT2D eigenvalue weighted by molar-refractivity contribution is 0.262. The monoisotopic (exact) mass is 221 g/mol. The van der Waals surface area contributed by atoms with Crippen LogP contribution in [0, 0.1) is 11.3 Å². The molecular formula is C13H23N3. The molecular weight excluding hydrogens is 198 g/mol. The molecule has 0 aromatic carbocycles. The van der Waals surface area contributed by atoms with Crippen molar-refractivity contribution in [1.29, 1.82) is 0 Å². The minimum Gasteiger partial charge on any atom is -0.374 e. The number of rotatable bonds is 8. The number of allylic oxidation sites excluding steroid dienone is 3. The second kappa shape index (κ2) is 7.85. The maximum absolute atomic E-state index is 3.80. The van der Waals surface area contributed by atoms with Gasteiger partial charge in [0.05, 0.1) is 0 Å². The molecule has 0 aromatic rings. The summed E-state index contributed by atoms with van der Waals surface area (Å²) < 4.78 is 0. The van der Waals surface area contributed by atoms with Crippen molar-refractivity contribution in [1.82, 2.24) is 5.32 Å². The van der Waals surface area contributed by atoms with Crippen LogP contribution >= 0.6 is 0 Å². The van der Waals surface area contributed by atoms with Gasteiger partial charge in [-0.3, -0.25) is 0 Å². The van der Waals surface area contributed by atoms with E-state index in [1.807, 2.05) is 13.0 Å². The summed E-state index contributed by atoms with van der Waals surface area (Å²) in [4.78, 5) is 0. The summed E-state index contributed by atoms with van der Waals surface area (Å²) in [5.41, 5.74) is 0.147. The third kappa shape index (κ3) is 5.49. The van der Waals surface area contributed by atoms with E-state index in [4.69, 9.17) is 0 Å². The Morgan fingerprint density at radius 2 is 2.12 bits per heavy atom. The van der Waals surface area contributed by atoms with Gasteiger partial charge < -0.3 is 5.32 Å². The minimum atomic E-state index is 0.147. The lowest BCUT2D eigenvalue weighted by Crippen LogP contribution is -2.34. The maximum Gasteiger partial charge on any atom is 0.111 e. The molecule has 0 saturated carbocycles. The van der Waals surface area contributed by atoms with Gasteiger partial charge in [0.25, 0.3) is 0 Å². The third-order valence-electron chi connectivity index (χ3n) is 2.64. The first-order valence-electron chi connectivity index (χ1n) is 5.53. The second-order valence-electron chi connectivity index (χ2n) is 4.41. The molecule has 0 amide bonds. The predicted molar refractivity (Wildman–Crippen MR) is 72.9 cm³/mol. The second-order valence-corrected chi connectivity index (χ2v) is 4.41. The van der Waals surface area contributed by atoms with Crippen LogP contribution in [0.2, 0.25) is 0 Å². The first-order chi connectivity index (χ1) is 7.58. The average molecular weight is 221 g/mol. The average Bonchev–Trinajstić information content (AvgIpc) is 2.24. The molecule has 1 N–H and O–H groups in total. The van der Waals surface area contributed by atoms with Crippen molar-refractivity contribution in [2.75, 3.05) is 6.54 Å². The molecule has 0 aliphatic heterocycles. The standard InChI is InChI=1S/C13H23N3/c1-6-8-12(9-7-2)13(3,4)10-15-11-16-14-5/h6-7,9,11-12H,1,5,8,10H2,2-4H3,(H,15,16)/b9-7-. The van der Waals surface area contributed by atoms with Crippen LogP contribution in [0.3, 0.4) is 0 Å². The van der Waals surface area contributed by atoms with Gasteiger partial charge in [-0.2, -0.15) is 5.10 Å². The zero-order valence-corrected chi connectivity index (χ0v) is 10.6. The lowest BCUT2D eigenvalue weighted by Gasteiger charge is -2.31. The van der Waals surface area contributed by atoms with Crippen molar-refractivity contribution in [3.05, 3.63) is 24.8 Å². The first kappa shape index (κ1) is 14.6. The Hall–Kier alpha value is -1.38. The van der Waals surface area contributed by atoms with E-state index in [0.717, 1.165) is 13.0 Å². The molecule has 0 aliphatic carbocycles. The molecule has 1 atom stereocenters. The van der Waals surface area contributed by atoms with Crippen LogP contribution in [0.1, 0.15) is 27.2 Å². The van der Waals surface area contributed by atoms with Crippen LogP contribution in [0.5, 0.6) is 0 Å². The Morgan fingerprint density at radius 1 is 1.44 bits per heavy atom. The van der Waals surface area contributed by atoms with Crippen molar-refractivity contribution >= 4 is 13.1 Å². The van der Waals surface area contributed by atoms with Gasteiger partial charge in [0.15, 0.2) is 0 Å². The van der Waals surface area contributed by atoms with Crippen molar-refractivity contribution < 1.29 is 0 Å². The zero-order chi connectivity index (χ0) is 12.4. The molecule has 1 unspecified atom stereocenters. The topological polar surface area (TPSA) is 36.8 Å². The maximum atomic E-state index is 3.80. The van der Waals surface area contributed by atoms with Gasteiger partial charge in [0, 0.05) is 13.3 Å². The molecule has 0 fully saturated rings. The Kier molecular flexibility index (Phi) is 7.18. The number of nitrogens with zero attached hydrogens (tertiary/aromatic N) is 2. The van der Waals surface area contributed by atoms with Gasteiger partial charge in [-0.05, 0) is 24.7 Å². The van der Waals surface area contributed by atoms with E-state index >= 15 is 0 Å².